The first kappa shape index (κ1) is 25.9. The molecule has 0 atom stereocenters. The van der Waals surface area contributed by atoms with Crippen LogP contribution in [0.2, 0.25) is 0 Å². The predicted octanol–water partition coefficient (Wildman–Crippen LogP) is -3.48. The fraction of sp³-hybridized carbons (Fsp3) is 1.00. The molecule has 16 heavy (non-hydrogen) atoms. The van der Waals surface area contributed by atoms with Crippen LogP contribution in [0.1, 0.15) is 13.3 Å². The monoisotopic (exact) mass is 289 g/mol. The minimum atomic E-state index is -3.79. The Morgan fingerprint density at radius 3 is 1.31 bits per heavy atom. The Balaban J connectivity index is -0.0000000800. The second-order valence-electron chi connectivity index (χ2n) is 2.57. The van der Waals surface area contributed by atoms with Gasteiger partial charge in [0, 0.05) is 12.7 Å². The van der Waals surface area contributed by atoms with Gasteiger partial charge in [0.25, 0.3) is 0 Å². The van der Waals surface area contributed by atoms with E-state index in [0.717, 1.165) is 0 Å². The van der Waals surface area contributed by atoms with Crippen molar-refractivity contribution in [1.82, 2.24) is 0 Å². The first-order valence-electron chi connectivity index (χ1n) is 3.91. The summed E-state index contributed by atoms with van der Waals surface area (Å²) >= 11 is 0. The second kappa shape index (κ2) is 12.7. The van der Waals surface area contributed by atoms with Crippen molar-refractivity contribution in [3.05, 3.63) is 0 Å². The van der Waals surface area contributed by atoms with Crippen LogP contribution < -0.4 is 35.3 Å². The van der Waals surface area contributed by atoms with Gasteiger partial charge < -0.3 is 30.8 Å². The average Bonchev–Trinajstić information content (AvgIpc) is 1.81. The number of hydrogen-bond donors (Lipinski definition) is 5. The van der Waals surface area contributed by atoms with Gasteiger partial charge in [-0.25, -0.2) is 0 Å². The topological polar surface area (TPSA) is 171 Å². The molecule has 7 N–H and O–H groups in total. The Labute approximate surface area is 117 Å². The quantitative estimate of drug-likeness (QED) is 0.262. The number of nitrogens with two attached hydrogens (primary N) is 1. The molecular weight excluding hydrogens is 271 g/mol. The molecule has 0 rings (SSSR count). The van der Waals surface area contributed by atoms with Crippen molar-refractivity contribution >= 4 is 15.2 Å². The molecule has 0 unspecified atom stereocenters. The van der Waals surface area contributed by atoms with E-state index in [9.17, 15) is 9.13 Å². The molecule has 11 heteroatoms. The van der Waals surface area contributed by atoms with Crippen molar-refractivity contribution in [1.29, 1.82) is 0 Å². The van der Waals surface area contributed by atoms with E-state index in [1.54, 1.807) is 6.92 Å². The van der Waals surface area contributed by atoms with E-state index in [2.05, 4.69) is 0 Å². The summed E-state index contributed by atoms with van der Waals surface area (Å²) in [6.45, 7) is 1.78. The SMILES string of the molecule is CCCP(=O)(O)O.NCCP(=O)(O)O.[Na+].[OH-]. The van der Waals surface area contributed by atoms with Crippen LogP contribution in [-0.4, -0.2) is 43.9 Å². The van der Waals surface area contributed by atoms with Crippen LogP contribution >= 0.6 is 15.2 Å². The van der Waals surface area contributed by atoms with Crippen LogP contribution in [0.15, 0.2) is 0 Å². The Kier molecular flexibility index (Phi) is 20.5. The molecule has 0 saturated heterocycles. The summed E-state index contributed by atoms with van der Waals surface area (Å²) in [4.78, 5) is 32.4. The summed E-state index contributed by atoms with van der Waals surface area (Å²) in [5.41, 5.74) is 4.82. The standard InChI is InChI=1S/C3H9O3P.C2H8NO3P.Na.H2O/c1-2-3-7(4,5)6;3-1-2-7(4,5)6;;/h2-3H2,1H3,(H2,4,5,6);1-3H2,(H2,4,5,6);;1H2/q;;+1;/p-1. The zero-order valence-electron chi connectivity index (χ0n) is 9.35. The molecule has 0 bridgehead atoms. The third-order valence-electron chi connectivity index (χ3n) is 0.935. The molecular formula is C5H18NNaO7P2. The zero-order chi connectivity index (χ0) is 11.8. The van der Waals surface area contributed by atoms with Crippen LogP contribution in [0, 0.1) is 0 Å². The summed E-state index contributed by atoms with van der Waals surface area (Å²) < 4.78 is 19.8. The summed E-state index contributed by atoms with van der Waals surface area (Å²) in [6, 6.07) is 0. The largest absolute Gasteiger partial charge is 1.00 e. The average molecular weight is 289 g/mol. The van der Waals surface area contributed by atoms with Gasteiger partial charge in [0.05, 0.1) is 6.16 Å². The van der Waals surface area contributed by atoms with Crippen molar-refractivity contribution in [2.75, 3.05) is 18.9 Å². The summed E-state index contributed by atoms with van der Waals surface area (Å²) in [5.74, 6) is 0. The van der Waals surface area contributed by atoms with Gasteiger partial charge in [-0.2, -0.15) is 0 Å². The van der Waals surface area contributed by atoms with Crippen molar-refractivity contribution < 1.29 is 63.7 Å². The molecule has 0 aliphatic carbocycles. The maximum atomic E-state index is 9.93. The van der Waals surface area contributed by atoms with Gasteiger partial charge in [0.2, 0.25) is 0 Å². The van der Waals surface area contributed by atoms with E-state index in [1.807, 2.05) is 0 Å². The van der Waals surface area contributed by atoms with Gasteiger partial charge in [-0.15, -0.1) is 0 Å². The Morgan fingerprint density at radius 2 is 1.31 bits per heavy atom. The summed E-state index contributed by atoms with van der Waals surface area (Å²) in [7, 11) is -7.46. The van der Waals surface area contributed by atoms with Crippen LogP contribution in [0.3, 0.4) is 0 Å². The molecule has 0 aromatic rings. The Hall–Kier alpha value is 1.22. The molecule has 0 radical (unpaired) electrons. The van der Waals surface area contributed by atoms with E-state index >= 15 is 0 Å². The van der Waals surface area contributed by atoms with Crippen LogP contribution in [0.5, 0.6) is 0 Å². The van der Waals surface area contributed by atoms with E-state index in [-0.39, 0.29) is 53.9 Å². The molecule has 0 aromatic heterocycles. The molecule has 0 heterocycles. The molecule has 8 nitrogen and oxygen atoms in total. The smallest absolute Gasteiger partial charge is 0.870 e. The number of rotatable bonds is 4. The summed E-state index contributed by atoms with van der Waals surface area (Å²) in [5, 5.41) is 0. The van der Waals surface area contributed by atoms with Gasteiger partial charge in [-0.1, -0.05) is 6.92 Å². The van der Waals surface area contributed by atoms with Crippen LogP contribution in [0.25, 0.3) is 0 Å². The molecule has 0 aliphatic heterocycles. The zero-order valence-corrected chi connectivity index (χ0v) is 13.1. The van der Waals surface area contributed by atoms with Gasteiger partial charge in [-0.3, -0.25) is 9.13 Å². The van der Waals surface area contributed by atoms with Crippen molar-refractivity contribution in [3.8, 4) is 0 Å². The van der Waals surface area contributed by atoms with Gasteiger partial charge in [-0.05, 0) is 6.42 Å². The van der Waals surface area contributed by atoms with Crippen LogP contribution in [0.4, 0.5) is 0 Å². The molecule has 0 aromatic carbocycles. The van der Waals surface area contributed by atoms with Crippen molar-refractivity contribution in [3.63, 3.8) is 0 Å². The first-order valence-corrected chi connectivity index (χ1v) is 7.51. The van der Waals surface area contributed by atoms with Crippen molar-refractivity contribution in [2.45, 2.75) is 13.3 Å². The molecule has 96 valence electrons. The van der Waals surface area contributed by atoms with E-state index in [4.69, 9.17) is 25.3 Å². The van der Waals surface area contributed by atoms with Gasteiger partial charge in [0.15, 0.2) is 0 Å². The van der Waals surface area contributed by atoms with Gasteiger partial charge in [0.1, 0.15) is 0 Å². The normalized spacial score (nSPS) is 10.4. The molecule has 0 aliphatic rings. The number of hydrogen-bond acceptors (Lipinski definition) is 4. The molecule has 0 amide bonds. The first-order chi connectivity index (χ1) is 6.12. The molecule has 0 spiro atoms. The Bertz CT molecular complexity index is 203. The van der Waals surface area contributed by atoms with Crippen molar-refractivity contribution in [2.24, 2.45) is 5.73 Å². The van der Waals surface area contributed by atoms with Crippen LogP contribution in [-0.2, 0) is 9.13 Å². The minimum Gasteiger partial charge on any atom is -0.870 e. The fourth-order valence-electron chi connectivity index (χ4n) is 0.459. The second-order valence-corrected chi connectivity index (χ2v) is 6.12. The summed E-state index contributed by atoms with van der Waals surface area (Å²) in [6.07, 6.45) is 0.338. The maximum absolute atomic E-state index is 9.93. The Morgan fingerprint density at radius 1 is 1.00 bits per heavy atom. The van der Waals surface area contributed by atoms with E-state index in [0.29, 0.717) is 6.42 Å². The molecule has 0 saturated carbocycles. The third kappa shape index (κ3) is 36.2. The minimum absolute atomic E-state index is 0. The maximum Gasteiger partial charge on any atom is 1.00 e. The van der Waals surface area contributed by atoms with E-state index < -0.39 is 15.2 Å². The third-order valence-corrected chi connectivity index (χ3v) is 2.81. The van der Waals surface area contributed by atoms with E-state index in [1.165, 1.54) is 0 Å². The predicted molar refractivity (Wildman–Crippen MR) is 55.1 cm³/mol. The van der Waals surface area contributed by atoms with Gasteiger partial charge >= 0.3 is 44.7 Å². The fourth-order valence-corrected chi connectivity index (χ4v) is 1.38. The molecule has 0 fully saturated rings.